The van der Waals surface area contributed by atoms with E-state index < -0.39 is 11.4 Å². The van der Waals surface area contributed by atoms with Crippen LogP contribution in [0.25, 0.3) is 0 Å². The first-order valence-electron chi connectivity index (χ1n) is 5.94. The highest BCUT2D eigenvalue weighted by molar-refractivity contribution is 9.10. The molecule has 106 valence electrons. The number of benzene rings is 2. The maximum Gasteiger partial charge on any atom is 0.165 e. The van der Waals surface area contributed by atoms with Crippen molar-refractivity contribution in [2.45, 2.75) is 12.5 Å². The Morgan fingerprint density at radius 3 is 2.50 bits per heavy atom. The van der Waals surface area contributed by atoms with Gasteiger partial charge in [-0.2, -0.15) is 0 Å². The molecule has 0 aliphatic heterocycles. The molecule has 0 saturated heterocycles. The zero-order chi connectivity index (χ0) is 14.9. The monoisotopic (exact) mass is 357 g/mol. The summed E-state index contributed by atoms with van der Waals surface area (Å²) in [6, 6.07) is 10.1. The minimum atomic E-state index is -0.898. The number of rotatable bonds is 3. The van der Waals surface area contributed by atoms with Crippen LogP contribution in [0.5, 0.6) is 5.75 Å². The molecule has 5 heteroatoms. The molecular formula is C15H14BrClFNO. The predicted molar refractivity (Wildman–Crippen MR) is 82.7 cm³/mol. The van der Waals surface area contributed by atoms with Crippen LogP contribution in [-0.4, -0.2) is 7.11 Å². The van der Waals surface area contributed by atoms with Gasteiger partial charge < -0.3 is 10.5 Å². The Balaban J connectivity index is 2.51. The summed E-state index contributed by atoms with van der Waals surface area (Å²) in [6.45, 7) is 1.80. The third kappa shape index (κ3) is 2.82. The third-order valence-electron chi connectivity index (χ3n) is 3.24. The minimum Gasteiger partial charge on any atom is -0.494 e. The highest BCUT2D eigenvalue weighted by Crippen LogP contribution is 2.34. The van der Waals surface area contributed by atoms with E-state index >= 15 is 0 Å². The molecule has 0 aliphatic rings. The van der Waals surface area contributed by atoms with E-state index in [0.717, 1.165) is 10.0 Å². The molecule has 0 aromatic heterocycles. The molecule has 2 aromatic rings. The van der Waals surface area contributed by atoms with E-state index in [0.29, 0.717) is 10.6 Å². The van der Waals surface area contributed by atoms with Crippen LogP contribution in [0, 0.1) is 5.82 Å². The Kier molecular flexibility index (Phi) is 4.37. The largest absolute Gasteiger partial charge is 0.494 e. The minimum absolute atomic E-state index is 0.187. The zero-order valence-corrected chi connectivity index (χ0v) is 13.4. The van der Waals surface area contributed by atoms with E-state index in [1.807, 2.05) is 12.1 Å². The average Bonchev–Trinajstić information content (AvgIpc) is 2.38. The average molecular weight is 359 g/mol. The summed E-state index contributed by atoms with van der Waals surface area (Å²) >= 11 is 9.58. The van der Waals surface area contributed by atoms with Crippen LogP contribution in [0.1, 0.15) is 18.1 Å². The van der Waals surface area contributed by atoms with Gasteiger partial charge in [-0.05, 0) is 42.3 Å². The van der Waals surface area contributed by atoms with Gasteiger partial charge in [-0.15, -0.1) is 0 Å². The number of halogens is 3. The second-order valence-electron chi connectivity index (χ2n) is 4.68. The third-order valence-corrected chi connectivity index (χ3v) is 4.05. The highest BCUT2D eigenvalue weighted by Gasteiger charge is 2.27. The van der Waals surface area contributed by atoms with E-state index in [-0.39, 0.29) is 5.75 Å². The second kappa shape index (κ2) is 5.72. The molecule has 0 spiro atoms. The van der Waals surface area contributed by atoms with Crippen molar-refractivity contribution in [2.75, 3.05) is 7.11 Å². The molecule has 0 aliphatic carbocycles. The van der Waals surface area contributed by atoms with Crippen molar-refractivity contribution in [2.24, 2.45) is 5.73 Å². The van der Waals surface area contributed by atoms with Gasteiger partial charge in [0.25, 0.3) is 0 Å². The van der Waals surface area contributed by atoms with Gasteiger partial charge in [-0.3, -0.25) is 0 Å². The van der Waals surface area contributed by atoms with Gasteiger partial charge in [-0.25, -0.2) is 4.39 Å². The topological polar surface area (TPSA) is 35.2 Å². The van der Waals surface area contributed by atoms with Gasteiger partial charge in [-0.1, -0.05) is 39.7 Å². The van der Waals surface area contributed by atoms with Crippen LogP contribution in [0.15, 0.2) is 40.9 Å². The van der Waals surface area contributed by atoms with Crippen LogP contribution in [-0.2, 0) is 5.54 Å². The summed E-state index contributed by atoms with van der Waals surface area (Å²) in [5, 5.41) is 0.528. The van der Waals surface area contributed by atoms with Crippen LogP contribution >= 0.6 is 27.5 Å². The summed E-state index contributed by atoms with van der Waals surface area (Å²) in [5.41, 5.74) is 6.82. The van der Waals surface area contributed by atoms with Crippen molar-refractivity contribution in [3.63, 3.8) is 0 Å². The first-order valence-corrected chi connectivity index (χ1v) is 7.12. The van der Waals surface area contributed by atoms with E-state index in [9.17, 15) is 4.39 Å². The lowest BCUT2D eigenvalue weighted by atomic mass is 9.85. The van der Waals surface area contributed by atoms with Gasteiger partial charge in [0.2, 0.25) is 0 Å². The van der Waals surface area contributed by atoms with Gasteiger partial charge >= 0.3 is 0 Å². The van der Waals surface area contributed by atoms with Crippen molar-refractivity contribution in [3.8, 4) is 5.75 Å². The summed E-state index contributed by atoms with van der Waals surface area (Å²) in [6.07, 6.45) is 0. The van der Waals surface area contributed by atoms with Gasteiger partial charge in [0.1, 0.15) is 0 Å². The Morgan fingerprint density at radius 2 is 1.95 bits per heavy atom. The highest BCUT2D eigenvalue weighted by atomic mass is 79.9. The van der Waals surface area contributed by atoms with Crippen molar-refractivity contribution in [1.29, 1.82) is 0 Å². The maximum atomic E-state index is 13.8. The molecule has 2 N–H and O–H groups in total. The molecule has 0 amide bonds. The normalized spacial score (nSPS) is 13.9. The molecule has 0 saturated carbocycles. The quantitative estimate of drug-likeness (QED) is 0.878. The Bertz CT molecular complexity index is 646. The Labute approximate surface area is 130 Å². The summed E-state index contributed by atoms with van der Waals surface area (Å²) in [4.78, 5) is 0. The molecule has 0 heterocycles. The molecule has 0 fully saturated rings. The molecule has 1 atom stereocenters. The molecule has 2 rings (SSSR count). The van der Waals surface area contributed by atoms with Crippen LogP contribution in [0.2, 0.25) is 5.02 Å². The number of ether oxygens (including phenoxy) is 1. The number of hydrogen-bond acceptors (Lipinski definition) is 2. The summed E-state index contributed by atoms with van der Waals surface area (Å²) in [7, 11) is 1.42. The first-order chi connectivity index (χ1) is 9.36. The van der Waals surface area contributed by atoms with Gasteiger partial charge in [0, 0.05) is 9.50 Å². The Hall–Kier alpha value is -1.10. The fourth-order valence-electron chi connectivity index (χ4n) is 2.06. The van der Waals surface area contributed by atoms with Crippen LogP contribution in [0.3, 0.4) is 0 Å². The standard InChI is InChI=1S/C15H14BrClFNO/c1-15(19,11-5-4-10(16)8-12(11)17)9-3-6-14(20-2)13(18)7-9/h3-8H,19H2,1-2H3. The summed E-state index contributed by atoms with van der Waals surface area (Å²) < 4.78 is 19.6. The predicted octanol–water partition coefficient (Wildman–Crippen LogP) is 4.47. The number of methoxy groups -OCH3 is 1. The van der Waals surface area contributed by atoms with E-state index in [2.05, 4.69) is 15.9 Å². The van der Waals surface area contributed by atoms with Crippen LogP contribution in [0.4, 0.5) is 4.39 Å². The van der Waals surface area contributed by atoms with E-state index in [1.165, 1.54) is 13.2 Å². The number of hydrogen-bond donors (Lipinski definition) is 1. The van der Waals surface area contributed by atoms with Gasteiger partial charge in [0.05, 0.1) is 12.6 Å². The zero-order valence-electron chi connectivity index (χ0n) is 11.1. The molecule has 20 heavy (non-hydrogen) atoms. The fraction of sp³-hybridized carbons (Fsp3) is 0.200. The smallest absolute Gasteiger partial charge is 0.165 e. The van der Waals surface area contributed by atoms with Crippen molar-refractivity contribution in [1.82, 2.24) is 0 Å². The molecular weight excluding hydrogens is 345 g/mol. The molecule has 2 aromatic carbocycles. The number of nitrogens with two attached hydrogens (primary N) is 1. The molecule has 1 unspecified atom stereocenters. The van der Waals surface area contributed by atoms with Crippen molar-refractivity contribution < 1.29 is 9.13 Å². The maximum absolute atomic E-state index is 13.8. The SMILES string of the molecule is COc1ccc(C(C)(N)c2ccc(Br)cc2Cl)cc1F. The lowest BCUT2D eigenvalue weighted by Gasteiger charge is -2.27. The lowest BCUT2D eigenvalue weighted by molar-refractivity contribution is 0.385. The molecule has 2 nitrogen and oxygen atoms in total. The van der Waals surface area contributed by atoms with Gasteiger partial charge in [0.15, 0.2) is 11.6 Å². The van der Waals surface area contributed by atoms with Crippen molar-refractivity contribution in [3.05, 3.63) is 62.8 Å². The lowest BCUT2D eigenvalue weighted by Crippen LogP contribution is -2.34. The Morgan fingerprint density at radius 1 is 1.25 bits per heavy atom. The first kappa shape index (κ1) is 15.3. The van der Waals surface area contributed by atoms with Crippen molar-refractivity contribution >= 4 is 27.5 Å². The molecule has 0 bridgehead atoms. The second-order valence-corrected chi connectivity index (χ2v) is 6.00. The fourth-order valence-corrected chi connectivity index (χ4v) is 2.93. The summed E-state index contributed by atoms with van der Waals surface area (Å²) in [5.74, 6) is -0.263. The van der Waals surface area contributed by atoms with E-state index in [1.54, 1.807) is 25.1 Å². The van der Waals surface area contributed by atoms with Crippen LogP contribution < -0.4 is 10.5 Å². The van der Waals surface area contributed by atoms with E-state index in [4.69, 9.17) is 22.1 Å². The molecule has 0 radical (unpaired) electrons.